The molecule has 5 nitrogen and oxygen atoms in total. The van der Waals surface area contributed by atoms with E-state index >= 15 is 0 Å². The molecule has 0 unspecified atom stereocenters. The Kier molecular flexibility index (Phi) is 8.77. The van der Waals surface area contributed by atoms with Crippen molar-refractivity contribution in [2.75, 3.05) is 39.9 Å². The first-order valence-corrected chi connectivity index (χ1v) is 9.52. The summed E-state index contributed by atoms with van der Waals surface area (Å²) >= 11 is 0. The number of nitrogens with one attached hydrogen (secondary N) is 2. The third-order valence-electron chi connectivity index (χ3n) is 4.67. The molecule has 0 aromatic heterocycles. The molecule has 25 heavy (non-hydrogen) atoms. The molecule has 1 saturated heterocycles. The van der Waals surface area contributed by atoms with E-state index in [1.807, 2.05) is 0 Å². The summed E-state index contributed by atoms with van der Waals surface area (Å²) in [6.07, 6.45) is 2.66. The van der Waals surface area contributed by atoms with Crippen molar-refractivity contribution in [1.82, 2.24) is 15.5 Å². The second-order valence-corrected chi connectivity index (χ2v) is 6.89. The third kappa shape index (κ3) is 7.45. The number of ether oxygens (including phenoxy) is 1. The van der Waals surface area contributed by atoms with Crippen LogP contribution in [0.3, 0.4) is 0 Å². The Balaban J connectivity index is 1.82. The zero-order chi connectivity index (χ0) is 17.9. The summed E-state index contributed by atoms with van der Waals surface area (Å²) in [6, 6.07) is 8.89. The first-order valence-electron chi connectivity index (χ1n) is 9.52. The number of rotatable bonds is 8. The average molecular weight is 347 g/mol. The standard InChI is InChI=1S/C20H34N4O/c1-4-21-20(22-11-14-25-3)23-15-18-5-7-19(8-6-18)16-24-12-9-17(2)10-13-24/h5-8,17H,4,9-16H2,1-3H3,(H2,21,22,23). The number of aliphatic imine (C=N–C) groups is 1. The van der Waals surface area contributed by atoms with Gasteiger partial charge in [0.2, 0.25) is 0 Å². The van der Waals surface area contributed by atoms with Crippen LogP contribution in [0, 0.1) is 5.92 Å². The quantitative estimate of drug-likeness (QED) is 0.432. The molecule has 2 rings (SSSR count). The predicted molar refractivity (Wildman–Crippen MR) is 105 cm³/mol. The molecule has 0 radical (unpaired) electrons. The Labute approximate surface area is 152 Å². The minimum absolute atomic E-state index is 0.675. The molecular weight excluding hydrogens is 312 g/mol. The Morgan fingerprint density at radius 2 is 1.84 bits per heavy atom. The Hall–Kier alpha value is -1.59. The molecule has 0 spiro atoms. The van der Waals surface area contributed by atoms with E-state index in [1.165, 1.54) is 37.1 Å². The highest BCUT2D eigenvalue weighted by Crippen LogP contribution is 2.18. The zero-order valence-electron chi connectivity index (χ0n) is 16.1. The molecule has 5 heteroatoms. The van der Waals surface area contributed by atoms with Gasteiger partial charge in [0.25, 0.3) is 0 Å². The summed E-state index contributed by atoms with van der Waals surface area (Å²) in [6.45, 7) is 10.9. The highest BCUT2D eigenvalue weighted by molar-refractivity contribution is 5.79. The molecule has 1 fully saturated rings. The third-order valence-corrected chi connectivity index (χ3v) is 4.67. The summed E-state index contributed by atoms with van der Waals surface area (Å²) in [5.74, 6) is 1.73. The normalized spacial score (nSPS) is 16.8. The van der Waals surface area contributed by atoms with E-state index in [9.17, 15) is 0 Å². The smallest absolute Gasteiger partial charge is 0.191 e. The van der Waals surface area contributed by atoms with Crippen LogP contribution >= 0.6 is 0 Å². The lowest BCUT2D eigenvalue weighted by atomic mass is 9.99. The van der Waals surface area contributed by atoms with Crippen molar-refractivity contribution in [1.29, 1.82) is 0 Å². The molecule has 140 valence electrons. The summed E-state index contributed by atoms with van der Waals surface area (Å²) in [4.78, 5) is 7.20. The summed E-state index contributed by atoms with van der Waals surface area (Å²) < 4.78 is 5.07. The van der Waals surface area contributed by atoms with Crippen molar-refractivity contribution in [2.45, 2.75) is 39.8 Å². The van der Waals surface area contributed by atoms with Crippen molar-refractivity contribution < 1.29 is 4.74 Å². The van der Waals surface area contributed by atoms with Crippen molar-refractivity contribution in [3.8, 4) is 0 Å². The average Bonchev–Trinajstić information content (AvgIpc) is 2.63. The van der Waals surface area contributed by atoms with Crippen LogP contribution in [0.1, 0.15) is 37.8 Å². The fraction of sp³-hybridized carbons (Fsp3) is 0.650. The predicted octanol–water partition coefficient (Wildman–Crippen LogP) is 2.62. The highest BCUT2D eigenvalue weighted by Gasteiger charge is 2.15. The van der Waals surface area contributed by atoms with Crippen LogP contribution < -0.4 is 10.6 Å². The van der Waals surface area contributed by atoms with Gasteiger partial charge in [0.15, 0.2) is 5.96 Å². The molecule has 2 N–H and O–H groups in total. The van der Waals surface area contributed by atoms with Crippen LogP contribution in [0.2, 0.25) is 0 Å². The second kappa shape index (κ2) is 11.1. The van der Waals surface area contributed by atoms with E-state index in [0.29, 0.717) is 13.2 Å². The van der Waals surface area contributed by atoms with E-state index < -0.39 is 0 Å². The number of piperidine rings is 1. The van der Waals surface area contributed by atoms with Crippen molar-refractivity contribution in [3.05, 3.63) is 35.4 Å². The molecule has 1 aliphatic heterocycles. The molecule has 0 aliphatic carbocycles. The maximum atomic E-state index is 5.07. The first kappa shape index (κ1) is 19.7. The number of guanidine groups is 1. The minimum Gasteiger partial charge on any atom is -0.383 e. The van der Waals surface area contributed by atoms with Crippen LogP contribution in [-0.2, 0) is 17.8 Å². The molecule has 1 aromatic carbocycles. The SMILES string of the molecule is CCNC(=NCc1ccc(CN2CCC(C)CC2)cc1)NCCOC. The van der Waals surface area contributed by atoms with Gasteiger partial charge in [-0.2, -0.15) is 0 Å². The number of nitrogens with zero attached hydrogens (tertiary/aromatic N) is 2. The van der Waals surface area contributed by atoms with Gasteiger partial charge in [-0.3, -0.25) is 4.90 Å². The fourth-order valence-corrected chi connectivity index (χ4v) is 3.01. The highest BCUT2D eigenvalue weighted by atomic mass is 16.5. The lowest BCUT2D eigenvalue weighted by Gasteiger charge is -2.30. The van der Waals surface area contributed by atoms with Gasteiger partial charge in [-0.25, -0.2) is 4.99 Å². The lowest BCUT2D eigenvalue weighted by Crippen LogP contribution is -2.38. The van der Waals surface area contributed by atoms with Gasteiger partial charge in [0, 0.05) is 26.7 Å². The van der Waals surface area contributed by atoms with Crippen LogP contribution in [-0.4, -0.2) is 50.8 Å². The summed E-state index contributed by atoms with van der Waals surface area (Å²) in [7, 11) is 1.71. The molecular formula is C20H34N4O. The van der Waals surface area contributed by atoms with Gasteiger partial charge in [-0.15, -0.1) is 0 Å². The molecule has 0 amide bonds. The first-order chi connectivity index (χ1) is 12.2. The van der Waals surface area contributed by atoms with Crippen molar-refractivity contribution in [3.63, 3.8) is 0 Å². The van der Waals surface area contributed by atoms with Crippen LogP contribution in [0.4, 0.5) is 0 Å². The van der Waals surface area contributed by atoms with Crippen LogP contribution in [0.25, 0.3) is 0 Å². The Morgan fingerprint density at radius 3 is 2.48 bits per heavy atom. The van der Waals surface area contributed by atoms with E-state index in [0.717, 1.165) is 31.5 Å². The van der Waals surface area contributed by atoms with E-state index in [2.05, 4.69) is 58.6 Å². The fourth-order valence-electron chi connectivity index (χ4n) is 3.01. The molecule has 0 saturated carbocycles. The molecule has 1 aliphatic rings. The topological polar surface area (TPSA) is 48.9 Å². The number of likely N-dealkylation sites (tertiary alicyclic amines) is 1. The van der Waals surface area contributed by atoms with Crippen LogP contribution in [0.15, 0.2) is 29.3 Å². The maximum absolute atomic E-state index is 5.07. The van der Waals surface area contributed by atoms with E-state index in [-0.39, 0.29) is 0 Å². The van der Waals surface area contributed by atoms with Crippen LogP contribution in [0.5, 0.6) is 0 Å². The van der Waals surface area contributed by atoms with Gasteiger partial charge in [0.1, 0.15) is 0 Å². The van der Waals surface area contributed by atoms with Gasteiger partial charge in [-0.05, 0) is 49.9 Å². The maximum Gasteiger partial charge on any atom is 0.191 e. The van der Waals surface area contributed by atoms with E-state index in [1.54, 1.807) is 7.11 Å². The van der Waals surface area contributed by atoms with Crippen molar-refractivity contribution in [2.24, 2.45) is 10.9 Å². The monoisotopic (exact) mass is 346 g/mol. The molecule has 1 aromatic rings. The summed E-state index contributed by atoms with van der Waals surface area (Å²) in [5, 5.41) is 6.53. The van der Waals surface area contributed by atoms with Gasteiger partial charge in [-0.1, -0.05) is 31.2 Å². The summed E-state index contributed by atoms with van der Waals surface area (Å²) in [5.41, 5.74) is 2.63. The Bertz CT molecular complexity index is 507. The number of methoxy groups -OCH3 is 1. The lowest BCUT2D eigenvalue weighted by molar-refractivity contribution is 0.185. The van der Waals surface area contributed by atoms with Gasteiger partial charge >= 0.3 is 0 Å². The van der Waals surface area contributed by atoms with E-state index in [4.69, 9.17) is 4.74 Å². The molecule has 0 atom stereocenters. The zero-order valence-corrected chi connectivity index (χ0v) is 16.1. The Morgan fingerprint density at radius 1 is 1.16 bits per heavy atom. The molecule has 1 heterocycles. The number of hydrogen-bond acceptors (Lipinski definition) is 3. The molecule has 0 bridgehead atoms. The van der Waals surface area contributed by atoms with Crippen molar-refractivity contribution >= 4 is 5.96 Å². The van der Waals surface area contributed by atoms with Gasteiger partial charge in [0.05, 0.1) is 13.2 Å². The largest absolute Gasteiger partial charge is 0.383 e. The number of benzene rings is 1. The minimum atomic E-state index is 0.675. The second-order valence-electron chi connectivity index (χ2n) is 6.89. The number of hydrogen-bond donors (Lipinski definition) is 2. The van der Waals surface area contributed by atoms with Gasteiger partial charge < -0.3 is 15.4 Å².